The molecule has 2 atom stereocenters. The molecule has 0 bridgehead atoms. The normalized spacial score (nSPS) is 15.9. The lowest BCUT2D eigenvalue weighted by Gasteiger charge is -2.23. The van der Waals surface area contributed by atoms with Crippen LogP contribution in [-0.4, -0.2) is 58.0 Å². The summed E-state index contributed by atoms with van der Waals surface area (Å²) < 4.78 is 14.9. The molecule has 5 heteroatoms. The molecule has 0 rings (SSSR count). The van der Waals surface area contributed by atoms with Crippen molar-refractivity contribution in [1.29, 1.82) is 0 Å². The molecule has 0 aromatic heterocycles. The van der Waals surface area contributed by atoms with Gasteiger partial charge < -0.3 is 24.6 Å². The van der Waals surface area contributed by atoms with Crippen LogP contribution in [0.15, 0.2) is 0 Å². The maximum absolute atomic E-state index is 9.36. The molecule has 0 aromatic carbocycles. The van der Waals surface area contributed by atoms with Crippen LogP contribution in [0.5, 0.6) is 0 Å². The van der Waals surface area contributed by atoms with E-state index in [0.717, 1.165) is 0 Å². The molecule has 0 radical (unpaired) electrons. The molecule has 0 fully saturated rings. The maximum Gasteiger partial charge on any atom is 0.171 e. The Hall–Kier alpha value is -0.200. The molecular formula is C9H21NO4. The van der Waals surface area contributed by atoms with E-state index in [4.69, 9.17) is 14.2 Å². The summed E-state index contributed by atoms with van der Waals surface area (Å²) in [6, 6.07) is 0.0245. The van der Waals surface area contributed by atoms with Crippen molar-refractivity contribution in [2.75, 3.05) is 34.5 Å². The molecular weight excluding hydrogens is 186 g/mol. The first-order valence-electron chi connectivity index (χ1n) is 4.61. The summed E-state index contributed by atoms with van der Waals surface area (Å²) in [5, 5.41) is 12.4. The number of hydrogen-bond donors (Lipinski definition) is 2. The highest BCUT2D eigenvalue weighted by atomic mass is 16.7. The Morgan fingerprint density at radius 2 is 1.79 bits per heavy atom. The van der Waals surface area contributed by atoms with Crippen molar-refractivity contribution in [2.24, 2.45) is 0 Å². The second-order valence-corrected chi connectivity index (χ2v) is 3.15. The Morgan fingerprint density at radius 1 is 1.21 bits per heavy atom. The van der Waals surface area contributed by atoms with Crippen LogP contribution >= 0.6 is 0 Å². The van der Waals surface area contributed by atoms with Gasteiger partial charge in [0.15, 0.2) is 6.29 Å². The summed E-state index contributed by atoms with van der Waals surface area (Å²) in [4.78, 5) is 0. The zero-order valence-electron chi connectivity index (χ0n) is 9.32. The highest BCUT2D eigenvalue weighted by Gasteiger charge is 2.16. The van der Waals surface area contributed by atoms with Crippen LogP contribution in [0.1, 0.15) is 6.92 Å². The van der Waals surface area contributed by atoms with Crippen molar-refractivity contribution in [2.45, 2.75) is 25.4 Å². The van der Waals surface area contributed by atoms with Gasteiger partial charge in [0, 0.05) is 27.9 Å². The highest BCUT2D eigenvalue weighted by molar-refractivity contribution is 4.67. The quantitative estimate of drug-likeness (QED) is 0.530. The molecule has 0 spiro atoms. The number of aliphatic hydroxyl groups is 1. The molecule has 0 amide bonds. The third kappa shape index (κ3) is 5.51. The van der Waals surface area contributed by atoms with E-state index in [9.17, 15) is 5.11 Å². The molecule has 0 aliphatic rings. The van der Waals surface area contributed by atoms with Crippen molar-refractivity contribution >= 4 is 0 Å². The smallest absolute Gasteiger partial charge is 0.171 e. The molecule has 0 aromatic rings. The molecule has 2 N–H and O–H groups in total. The minimum Gasteiger partial charge on any atom is -0.389 e. The fourth-order valence-electron chi connectivity index (χ4n) is 1.17. The number of methoxy groups -OCH3 is 3. The summed E-state index contributed by atoms with van der Waals surface area (Å²) in [5.41, 5.74) is 0. The van der Waals surface area contributed by atoms with Gasteiger partial charge in [0.2, 0.25) is 0 Å². The van der Waals surface area contributed by atoms with E-state index in [1.54, 1.807) is 21.3 Å². The van der Waals surface area contributed by atoms with E-state index in [-0.39, 0.29) is 12.3 Å². The van der Waals surface area contributed by atoms with E-state index in [1.165, 1.54) is 0 Å². The van der Waals surface area contributed by atoms with E-state index in [0.29, 0.717) is 13.2 Å². The maximum atomic E-state index is 9.36. The van der Waals surface area contributed by atoms with Crippen molar-refractivity contribution in [3.8, 4) is 0 Å². The summed E-state index contributed by atoms with van der Waals surface area (Å²) in [6.45, 7) is 2.71. The molecule has 14 heavy (non-hydrogen) atoms. The minimum atomic E-state index is -0.503. The van der Waals surface area contributed by atoms with Gasteiger partial charge in [0.05, 0.1) is 18.8 Å². The molecule has 2 unspecified atom stereocenters. The third-order valence-electron chi connectivity index (χ3n) is 1.91. The second-order valence-electron chi connectivity index (χ2n) is 3.15. The van der Waals surface area contributed by atoms with Gasteiger partial charge >= 0.3 is 0 Å². The van der Waals surface area contributed by atoms with E-state index in [1.807, 2.05) is 6.92 Å². The predicted molar refractivity (Wildman–Crippen MR) is 53.2 cm³/mol. The molecule has 5 nitrogen and oxygen atoms in total. The predicted octanol–water partition coefficient (Wildman–Crippen LogP) is -0.409. The van der Waals surface area contributed by atoms with Crippen LogP contribution in [0.25, 0.3) is 0 Å². The third-order valence-corrected chi connectivity index (χ3v) is 1.91. The van der Waals surface area contributed by atoms with Gasteiger partial charge in [-0.25, -0.2) is 0 Å². The Morgan fingerprint density at radius 3 is 2.21 bits per heavy atom. The standard InChI is InChI=1S/C9H21NO4/c1-7(9(13-3)14-4)10-5-8(11)6-12-2/h7-11H,5-6H2,1-4H3. The minimum absolute atomic E-state index is 0.0245. The number of aliphatic hydroxyl groups excluding tert-OH is 1. The summed E-state index contributed by atoms with van der Waals surface area (Å²) in [6.07, 6.45) is -0.804. The zero-order chi connectivity index (χ0) is 11.0. The second kappa shape index (κ2) is 8.14. The molecule has 0 saturated heterocycles. The number of ether oxygens (including phenoxy) is 3. The van der Waals surface area contributed by atoms with Gasteiger partial charge in [-0.15, -0.1) is 0 Å². The monoisotopic (exact) mass is 207 g/mol. The zero-order valence-corrected chi connectivity index (χ0v) is 9.32. The van der Waals surface area contributed by atoms with Crippen molar-refractivity contribution in [3.63, 3.8) is 0 Å². The first-order chi connectivity index (χ1) is 6.65. The fourth-order valence-corrected chi connectivity index (χ4v) is 1.17. The van der Waals surface area contributed by atoms with Crippen LogP contribution in [0.4, 0.5) is 0 Å². The van der Waals surface area contributed by atoms with Crippen LogP contribution in [0, 0.1) is 0 Å². The fraction of sp³-hybridized carbons (Fsp3) is 1.00. The Kier molecular flexibility index (Phi) is 8.02. The van der Waals surface area contributed by atoms with Crippen LogP contribution in [-0.2, 0) is 14.2 Å². The van der Waals surface area contributed by atoms with E-state index >= 15 is 0 Å². The largest absolute Gasteiger partial charge is 0.389 e. The number of hydrogen-bond acceptors (Lipinski definition) is 5. The van der Waals surface area contributed by atoms with E-state index < -0.39 is 6.10 Å². The van der Waals surface area contributed by atoms with Gasteiger partial charge in [-0.1, -0.05) is 0 Å². The summed E-state index contributed by atoms with van der Waals surface area (Å²) in [7, 11) is 4.72. The van der Waals surface area contributed by atoms with Gasteiger partial charge in [0.1, 0.15) is 0 Å². The van der Waals surface area contributed by atoms with Gasteiger partial charge in [0.25, 0.3) is 0 Å². The number of rotatable bonds is 8. The Balaban J connectivity index is 3.65. The summed E-state index contributed by atoms with van der Waals surface area (Å²) in [5.74, 6) is 0. The Bertz CT molecular complexity index is 130. The van der Waals surface area contributed by atoms with Crippen molar-refractivity contribution in [3.05, 3.63) is 0 Å². The van der Waals surface area contributed by atoms with Gasteiger partial charge in [-0.05, 0) is 6.92 Å². The number of nitrogens with one attached hydrogen (secondary N) is 1. The average molecular weight is 207 g/mol. The molecule has 86 valence electrons. The van der Waals surface area contributed by atoms with E-state index in [2.05, 4.69) is 5.32 Å². The first-order valence-corrected chi connectivity index (χ1v) is 4.61. The van der Waals surface area contributed by atoms with Crippen molar-refractivity contribution < 1.29 is 19.3 Å². The van der Waals surface area contributed by atoms with Crippen LogP contribution < -0.4 is 5.32 Å². The van der Waals surface area contributed by atoms with Gasteiger partial charge in [-0.2, -0.15) is 0 Å². The Labute approximate surface area is 85.3 Å². The van der Waals surface area contributed by atoms with Crippen LogP contribution in [0.2, 0.25) is 0 Å². The van der Waals surface area contributed by atoms with Crippen LogP contribution in [0.3, 0.4) is 0 Å². The summed E-state index contributed by atoms with van der Waals surface area (Å²) >= 11 is 0. The lowest BCUT2D eigenvalue weighted by molar-refractivity contribution is -0.120. The first kappa shape index (κ1) is 13.8. The molecule has 0 aliphatic heterocycles. The van der Waals surface area contributed by atoms with Gasteiger partial charge in [-0.3, -0.25) is 0 Å². The average Bonchev–Trinajstić information content (AvgIpc) is 2.17. The highest BCUT2D eigenvalue weighted by Crippen LogP contribution is 1.98. The topological polar surface area (TPSA) is 60.0 Å². The molecule has 0 saturated carbocycles. The lowest BCUT2D eigenvalue weighted by atomic mass is 10.3. The van der Waals surface area contributed by atoms with Crippen molar-refractivity contribution in [1.82, 2.24) is 5.32 Å². The molecule has 0 aliphatic carbocycles. The lowest BCUT2D eigenvalue weighted by Crippen LogP contribution is -2.43. The molecule has 0 heterocycles. The SMILES string of the molecule is COCC(O)CNC(C)C(OC)OC.